The SMILES string of the molecule is Cc1noc(C)c1C(C)(N)CO. The molecule has 1 aromatic rings. The molecular weight excluding hydrogens is 156 g/mol. The highest BCUT2D eigenvalue weighted by molar-refractivity contribution is 5.28. The third-order valence-corrected chi connectivity index (χ3v) is 1.93. The van der Waals surface area contributed by atoms with Crippen LogP contribution in [0.15, 0.2) is 4.52 Å². The minimum absolute atomic E-state index is 0.115. The number of aromatic nitrogens is 1. The number of nitrogens with two attached hydrogens (primary N) is 1. The maximum absolute atomic E-state index is 9.02. The van der Waals surface area contributed by atoms with Crippen LogP contribution in [0.5, 0.6) is 0 Å². The molecule has 0 spiro atoms. The van der Waals surface area contributed by atoms with Crippen molar-refractivity contribution >= 4 is 0 Å². The summed E-state index contributed by atoms with van der Waals surface area (Å²) in [7, 11) is 0. The van der Waals surface area contributed by atoms with Gasteiger partial charge in [-0.3, -0.25) is 0 Å². The minimum atomic E-state index is -0.756. The van der Waals surface area contributed by atoms with E-state index in [2.05, 4.69) is 5.16 Å². The van der Waals surface area contributed by atoms with Crippen molar-refractivity contribution in [3.05, 3.63) is 17.0 Å². The Morgan fingerprint density at radius 1 is 1.58 bits per heavy atom. The molecule has 1 rings (SSSR count). The average Bonchev–Trinajstić information content (AvgIpc) is 2.31. The van der Waals surface area contributed by atoms with E-state index < -0.39 is 5.54 Å². The topological polar surface area (TPSA) is 72.3 Å². The summed E-state index contributed by atoms with van der Waals surface area (Å²) in [6.07, 6.45) is 0. The molecule has 0 aliphatic carbocycles. The second-order valence-corrected chi connectivity index (χ2v) is 3.27. The van der Waals surface area contributed by atoms with Gasteiger partial charge >= 0.3 is 0 Å². The van der Waals surface area contributed by atoms with Gasteiger partial charge in [0, 0.05) is 5.56 Å². The lowest BCUT2D eigenvalue weighted by Gasteiger charge is -2.21. The Bertz CT molecular complexity index is 259. The van der Waals surface area contributed by atoms with Gasteiger partial charge in [-0.2, -0.15) is 0 Å². The third kappa shape index (κ3) is 1.35. The molecule has 0 amide bonds. The second kappa shape index (κ2) is 2.88. The van der Waals surface area contributed by atoms with E-state index in [-0.39, 0.29) is 6.61 Å². The predicted molar refractivity (Wildman–Crippen MR) is 44.6 cm³/mol. The Morgan fingerprint density at radius 3 is 2.50 bits per heavy atom. The van der Waals surface area contributed by atoms with Gasteiger partial charge in [-0.25, -0.2) is 0 Å². The molecule has 0 aliphatic heterocycles. The fourth-order valence-corrected chi connectivity index (χ4v) is 1.38. The van der Waals surface area contributed by atoms with E-state index in [0.29, 0.717) is 5.76 Å². The van der Waals surface area contributed by atoms with E-state index in [1.807, 2.05) is 6.92 Å². The van der Waals surface area contributed by atoms with Crippen LogP contribution >= 0.6 is 0 Å². The second-order valence-electron chi connectivity index (χ2n) is 3.27. The summed E-state index contributed by atoms with van der Waals surface area (Å²) >= 11 is 0. The fourth-order valence-electron chi connectivity index (χ4n) is 1.38. The molecule has 4 heteroatoms. The predicted octanol–water partition coefficient (Wildman–Crippen LogP) is 0.458. The van der Waals surface area contributed by atoms with E-state index in [9.17, 15) is 0 Å². The Balaban J connectivity index is 3.17. The van der Waals surface area contributed by atoms with Gasteiger partial charge in [0.1, 0.15) is 5.76 Å². The first-order valence-electron chi connectivity index (χ1n) is 3.82. The molecule has 1 unspecified atom stereocenters. The number of hydrogen-bond donors (Lipinski definition) is 2. The number of nitrogens with zero attached hydrogens (tertiary/aromatic N) is 1. The molecule has 0 saturated carbocycles. The number of hydrogen-bond acceptors (Lipinski definition) is 4. The highest BCUT2D eigenvalue weighted by Crippen LogP contribution is 2.23. The Morgan fingerprint density at radius 2 is 2.17 bits per heavy atom. The first kappa shape index (κ1) is 9.22. The van der Waals surface area contributed by atoms with Crippen molar-refractivity contribution in [3.63, 3.8) is 0 Å². The van der Waals surface area contributed by atoms with Crippen molar-refractivity contribution in [1.82, 2.24) is 5.16 Å². The summed E-state index contributed by atoms with van der Waals surface area (Å²) < 4.78 is 4.94. The molecule has 0 aromatic carbocycles. The van der Waals surface area contributed by atoms with Crippen LogP contribution in [0.25, 0.3) is 0 Å². The van der Waals surface area contributed by atoms with Gasteiger partial charge in [-0.1, -0.05) is 5.16 Å². The highest BCUT2D eigenvalue weighted by Gasteiger charge is 2.27. The summed E-state index contributed by atoms with van der Waals surface area (Å²) in [6, 6.07) is 0. The van der Waals surface area contributed by atoms with Crippen molar-refractivity contribution in [1.29, 1.82) is 0 Å². The Labute approximate surface area is 71.4 Å². The van der Waals surface area contributed by atoms with Gasteiger partial charge in [0.05, 0.1) is 17.8 Å². The third-order valence-electron chi connectivity index (χ3n) is 1.93. The quantitative estimate of drug-likeness (QED) is 0.676. The van der Waals surface area contributed by atoms with Crippen LogP contribution in [-0.2, 0) is 5.54 Å². The lowest BCUT2D eigenvalue weighted by Crippen LogP contribution is -2.37. The van der Waals surface area contributed by atoms with Gasteiger partial charge in [-0.15, -0.1) is 0 Å². The molecule has 1 heterocycles. The molecule has 1 aromatic heterocycles. The summed E-state index contributed by atoms with van der Waals surface area (Å²) in [5.41, 5.74) is 6.62. The van der Waals surface area contributed by atoms with Crippen LogP contribution in [-0.4, -0.2) is 16.9 Å². The molecule has 4 nitrogen and oxygen atoms in total. The van der Waals surface area contributed by atoms with Crippen molar-refractivity contribution in [2.24, 2.45) is 5.73 Å². The van der Waals surface area contributed by atoms with Gasteiger partial charge in [0.2, 0.25) is 0 Å². The zero-order chi connectivity index (χ0) is 9.35. The maximum Gasteiger partial charge on any atom is 0.139 e. The molecule has 68 valence electrons. The van der Waals surface area contributed by atoms with E-state index >= 15 is 0 Å². The van der Waals surface area contributed by atoms with Gasteiger partial charge in [-0.05, 0) is 20.8 Å². The minimum Gasteiger partial charge on any atom is -0.394 e. The normalized spacial score (nSPS) is 16.1. The largest absolute Gasteiger partial charge is 0.394 e. The fraction of sp³-hybridized carbons (Fsp3) is 0.625. The van der Waals surface area contributed by atoms with E-state index in [4.69, 9.17) is 15.4 Å². The molecule has 0 bridgehead atoms. The first-order valence-corrected chi connectivity index (χ1v) is 3.82. The number of rotatable bonds is 2. The molecular formula is C8H14N2O2. The van der Waals surface area contributed by atoms with Crippen LogP contribution in [0.2, 0.25) is 0 Å². The van der Waals surface area contributed by atoms with Gasteiger partial charge in [0.25, 0.3) is 0 Å². The Kier molecular flexibility index (Phi) is 2.21. The van der Waals surface area contributed by atoms with E-state index in [0.717, 1.165) is 11.3 Å². The monoisotopic (exact) mass is 170 g/mol. The van der Waals surface area contributed by atoms with Crippen LogP contribution in [0.3, 0.4) is 0 Å². The molecule has 1 atom stereocenters. The highest BCUT2D eigenvalue weighted by atomic mass is 16.5. The Hall–Kier alpha value is -0.870. The summed E-state index contributed by atoms with van der Waals surface area (Å²) in [5.74, 6) is 0.673. The van der Waals surface area contributed by atoms with E-state index in [1.54, 1.807) is 13.8 Å². The number of aryl methyl sites for hydroxylation is 2. The van der Waals surface area contributed by atoms with Crippen LogP contribution in [0.1, 0.15) is 23.9 Å². The molecule has 0 saturated heterocycles. The van der Waals surface area contributed by atoms with Crippen LogP contribution in [0.4, 0.5) is 0 Å². The number of aliphatic hydroxyl groups excluding tert-OH is 1. The van der Waals surface area contributed by atoms with Gasteiger partial charge in [0.15, 0.2) is 0 Å². The van der Waals surface area contributed by atoms with Gasteiger partial charge < -0.3 is 15.4 Å². The summed E-state index contributed by atoms with van der Waals surface area (Å²) in [4.78, 5) is 0. The number of aliphatic hydroxyl groups is 1. The van der Waals surface area contributed by atoms with Crippen molar-refractivity contribution in [2.75, 3.05) is 6.61 Å². The van der Waals surface area contributed by atoms with Crippen molar-refractivity contribution in [2.45, 2.75) is 26.3 Å². The average molecular weight is 170 g/mol. The maximum atomic E-state index is 9.02. The zero-order valence-electron chi connectivity index (χ0n) is 7.59. The summed E-state index contributed by atoms with van der Waals surface area (Å²) in [6.45, 7) is 5.23. The van der Waals surface area contributed by atoms with Crippen molar-refractivity contribution in [3.8, 4) is 0 Å². The zero-order valence-corrected chi connectivity index (χ0v) is 7.59. The molecule has 3 N–H and O–H groups in total. The van der Waals surface area contributed by atoms with Crippen molar-refractivity contribution < 1.29 is 9.63 Å². The standard InChI is InChI=1S/C8H14N2O2/c1-5-7(6(2)12-10-5)8(3,9)4-11/h11H,4,9H2,1-3H3. The van der Waals surface area contributed by atoms with Crippen LogP contribution in [0, 0.1) is 13.8 Å². The molecule has 0 aliphatic rings. The summed E-state index contributed by atoms with van der Waals surface area (Å²) in [5, 5.41) is 12.8. The first-order chi connectivity index (χ1) is 5.49. The molecule has 0 fully saturated rings. The molecule has 12 heavy (non-hydrogen) atoms. The smallest absolute Gasteiger partial charge is 0.139 e. The lowest BCUT2D eigenvalue weighted by atomic mass is 9.93. The van der Waals surface area contributed by atoms with E-state index in [1.165, 1.54) is 0 Å². The molecule has 0 radical (unpaired) electrons. The lowest BCUT2D eigenvalue weighted by molar-refractivity contribution is 0.208. The van der Waals surface area contributed by atoms with Crippen LogP contribution < -0.4 is 5.73 Å².